The predicted octanol–water partition coefficient (Wildman–Crippen LogP) is -0.565. The van der Waals surface area contributed by atoms with Crippen molar-refractivity contribution in [3.05, 3.63) is 0 Å². The fraction of sp³-hybridized carbons (Fsp3) is 0.900. The van der Waals surface area contributed by atoms with Gasteiger partial charge in [0.2, 0.25) is 5.91 Å². The first kappa shape index (κ1) is 9.93. The third-order valence-electron chi connectivity index (χ3n) is 3.21. The van der Waals surface area contributed by atoms with Crippen LogP contribution in [0, 0.1) is 11.8 Å². The van der Waals surface area contributed by atoms with Gasteiger partial charge in [-0.05, 0) is 19.4 Å². The SMILES string of the molecule is C[C@@H]1CNC[C@H]1C(=O)N1CC(C)(O)C1. The number of carbonyl (C=O) groups excluding carboxylic acids is 1. The smallest absolute Gasteiger partial charge is 0.227 e. The first-order chi connectivity index (χ1) is 6.49. The maximum Gasteiger partial charge on any atom is 0.227 e. The number of nitrogens with one attached hydrogen (secondary N) is 1. The summed E-state index contributed by atoms with van der Waals surface area (Å²) in [5, 5.41) is 12.7. The van der Waals surface area contributed by atoms with Crippen LogP contribution in [0.2, 0.25) is 0 Å². The van der Waals surface area contributed by atoms with Crippen LogP contribution < -0.4 is 5.32 Å². The molecule has 0 unspecified atom stereocenters. The van der Waals surface area contributed by atoms with E-state index in [1.807, 2.05) is 0 Å². The minimum atomic E-state index is -0.648. The summed E-state index contributed by atoms with van der Waals surface area (Å²) in [6.07, 6.45) is 0. The molecule has 2 N–H and O–H groups in total. The van der Waals surface area contributed by atoms with Crippen molar-refractivity contribution < 1.29 is 9.90 Å². The van der Waals surface area contributed by atoms with Crippen LogP contribution in [0.3, 0.4) is 0 Å². The molecular weight excluding hydrogens is 180 g/mol. The van der Waals surface area contributed by atoms with E-state index >= 15 is 0 Å². The molecule has 0 bridgehead atoms. The number of amides is 1. The van der Waals surface area contributed by atoms with Gasteiger partial charge in [0.15, 0.2) is 0 Å². The molecule has 2 fully saturated rings. The zero-order chi connectivity index (χ0) is 10.3. The summed E-state index contributed by atoms with van der Waals surface area (Å²) in [5.74, 6) is 0.744. The lowest BCUT2D eigenvalue weighted by molar-refractivity contribution is -0.157. The zero-order valence-electron chi connectivity index (χ0n) is 8.79. The monoisotopic (exact) mass is 198 g/mol. The number of rotatable bonds is 1. The first-order valence-corrected chi connectivity index (χ1v) is 5.21. The number of nitrogens with zero attached hydrogens (tertiary/aromatic N) is 1. The normalized spacial score (nSPS) is 35.5. The topological polar surface area (TPSA) is 52.6 Å². The van der Waals surface area contributed by atoms with Crippen LogP contribution in [0.25, 0.3) is 0 Å². The Kier molecular flexibility index (Phi) is 2.27. The largest absolute Gasteiger partial charge is 0.386 e. The maximum absolute atomic E-state index is 11.9. The van der Waals surface area contributed by atoms with Crippen molar-refractivity contribution in [2.45, 2.75) is 19.4 Å². The summed E-state index contributed by atoms with van der Waals surface area (Å²) in [4.78, 5) is 13.7. The summed E-state index contributed by atoms with van der Waals surface area (Å²) < 4.78 is 0. The Morgan fingerprint density at radius 3 is 2.57 bits per heavy atom. The quantitative estimate of drug-likeness (QED) is 0.593. The second kappa shape index (κ2) is 3.21. The summed E-state index contributed by atoms with van der Waals surface area (Å²) in [7, 11) is 0. The molecule has 0 radical (unpaired) electrons. The molecule has 0 aromatic heterocycles. The fourth-order valence-corrected chi connectivity index (χ4v) is 2.31. The van der Waals surface area contributed by atoms with Crippen molar-refractivity contribution in [3.8, 4) is 0 Å². The van der Waals surface area contributed by atoms with Gasteiger partial charge in [-0.3, -0.25) is 4.79 Å². The molecule has 2 aliphatic heterocycles. The molecule has 1 amide bonds. The molecule has 4 heteroatoms. The minimum Gasteiger partial charge on any atom is -0.386 e. The maximum atomic E-state index is 11.9. The summed E-state index contributed by atoms with van der Waals surface area (Å²) in [5.41, 5.74) is -0.648. The highest BCUT2D eigenvalue weighted by atomic mass is 16.3. The summed E-state index contributed by atoms with van der Waals surface area (Å²) in [6, 6.07) is 0. The number of carbonyl (C=O) groups is 1. The minimum absolute atomic E-state index is 0.117. The predicted molar refractivity (Wildman–Crippen MR) is 52.7 cm³/mol. The molecule has 2 atom stereocenters. The number of hydrogen-bond donors (Lipinski definition) is 2. The summed E-state index contributed by atoms with van der Waals surface area (Å²) in [6.45, 7) is 6.58. The molecule has 0 aromatic rings. The van der Waals surface area contributed by atoms with Gasteiger partial charge < -0.3 is 15.3 Å². The Bertz CT molecular complexity index is 245. The second-order valence-corrected chi connectivity index (χ2v) is 4.93. The van der Waals surface area contributed by atoms with Gasteiger partial charge >= 0.3 is 0 Å². The van der Waals surface area contributed by atoms with Gasteiger partial charge in [0.05, 0.1) is 24.6 Å². The lowest BCUT2D eigenvalue weighted by Crippen LogP contribution is -2.63. The highest BCUT2D eigenvalue weighted by Gasteiger charge is 2.43. The van der Waals surface area contributed by atoms with Crippen LogP contribution in [0.15, 0.2) is 0 Å². The van der Waals surface area contributed by atoms with Crippen LogP contribution in [0.5, 0.6) is 0 Å². The molecular formula is C10H18N2O2. The van der Waals surface area contributed by atoms with Crippen LogP contribution in [0.1, 0.15) is 13.8 Å². The van der Waals surface area contributed by atoms with Crippen molar-refractivity contribution in [2.24, 2.45) is 11.8 Å². The van der Waals surface area contributed by atoms with Gasteiger partial charge in [-0.15, -0.1) is 0 Å². The van der Waals surface area contributed by atoms with Crippen LogP contribution in [0.4, 0.5) is 0 Å². The molecule has 2 aliphatic rings. The summed E-state index contributed by atoms with van der Waals surface area (Å²) >= 11 is 0. The Hall–Kier alpha value is -0.610. The lowest BCUT2D eigenvalue weighted by atomic mass is 9.91. The van der Waals surface area contributed by atoms with Gasteiger partial charge in [-0.25, -0.2) is 0 Å². The van der Waals surface area contributed by atoms with Crippen molar-refractivity contribution in [3.63, 3.8) is 0 Å². The van der Waals surface area contributed by atoms with E-state index in [1.165, 1.54) is 0 Å². The molecule has 0 spiro atoms. The second-order valence-electron chi connectivity index (χ2n) is 4.93. The van der Waals surface area contributed by atoms with E-state index in [1.54, 1.807) is 11.8 Å². The van der Waals surface area contributed by atoms with E-state index in [9.17, 15) is 9.90 Å². The van der Waals surface area contributed by atoms with Gasteiger partial charge in [-0.1, -0.05) is 6.92 Å². The number of aliphatic hydroxyl groups is 1. The van der Waals surface area contributed by atoms with Crippen molar-refractivity contribution in [1.82, 2.24) is 10.2 Å². The molecule has 2 saturated heterocycles. The molecule has 14 heavy (non-hydrogen) atoms. The molecule has 0 aliphatic carbocycles. The van der Waals surface area contributed by atoms with E-state index in [0.717, 1.165) is 13.1 Å². The van der Waals surface area contributed by atoms with E-state index in [4.69, 9.17) is 0 Å². The Morgan fingerprint density at radius 2 is 2.14 bits per heavy atom. The molecule has 4 nitrogen and oxygen atoms in total. The molecule has 2 rings (SSSR count). The lowest BCUT2D eigenvalue weighted by Gasteiger charge is -2.45. The zero-order valence-corrected chi connectivity index (χ0v) is 8.79. The van der Waals surface area contributed by atoms with Gasteiger partial charge in [0.25, 0.3) is 0 Å². The highest BCUT2D eigenvalue weighted by Crippen LogP contribution is 2.25. The fourth-order valence-electron chi connectivity index (χ4n) is 2.31. The van der Waals surface area contributed by atoms with Crippen molar-refractivity contribution in [2.75, 3.05) is 26.2 Å². The van der Waals surface area contributed by atoms with Gasteiger partial charge in [0.1, 0.15) is 0 Å². The van der Waals surface area contributed by atoms with Gasteiger partial charge in [0, 0.05) is 6.54 Å². The molecule has 0 saturated carbocycles. The number of hydrogen-bond acceptors (Lipinski definition) is 3. The number of β-amino-alcohol motifs (C(OH)–C–C–N with tert-alkyl or cyclic N) is 1. The first-order valence-electron chi connectivity index (χ1n) is 5.21. The van der Waals surface area contributed by atoms with E-state index in [0.29, 0.717) is 19.0 Å². The van der Waals surface area contributed by atoms with Crippen LogP contribution >= 0.6 is 0 Å². The highest BCUT2D eigenvalue weighted by molar-refractivity contribution is 5.80. The number of likely N-dealkylation sites (tertiary alicyclic amines) is 1. The van der Waals surface area contributed by atoms with E-state index in [2.05, 4.69) is 12.2 Å². The van der Waals surface area contributed by atoms with Crippen LogP contribution in [-0.2, 0) is 4.79 Å². The Labute approximate surface area is 84.3 Å². The van der Waals surface area contributed by atoms with E-state index < -0.39 is 5.60 Å². The Morgan fingerprint density at radius 1 is 1.50 bits per heavy atom. The third kappa shape index (κ3) is 1.64. The third-order valence-corrected chi connectivity index (χ3v) is 3.21. The van der Waals surface area contributed by atoms with Gasteiger partial charge in [-0.2, -0.15) is 0 Å². The average Bonchev–Trinajstić information content (AvgIpc) is 2.45. The molecule has 0 aromatic carbocycles. The van der Waals surface area contributed by atoms with Crippen LogP contribution in [-0.4, -0.2) is 47.7 Å². The average molecular weight is 198 g/mol. The molecule has 2 heterocycles. The van der Waals surface area contributed by atoms with E-state index in [-0.39, 0.29) is 11.8 Å². The Balaban J connectivity index is 1.90. The van der Waals surface area contributed by atoms with Crippen molar-refractivity contribution in [1.29, 1.82) is 0 Å². The molecule has 80 valence electrons. The standard InChI is InChI=1S/C10H18N2O2/c1-7-3-11-4-8(7)9(13)12-5-10(2,14)6-12/h7-8,11,14H,3-6H2,1-2H3/t7-,8-/m1/s1. The van der Waals surface area contributed by atoms with Crippen molar-refractivity contribution >= 4 is 5.91 Å².